The molecule has 3 nitrogen and oxygen atoms in total. The molecule has 19 heavy (non-hydrogen) atoms. The van der Waals surface area contributed by atoms with Crippen LogP contribution >= 0.6 is 15.9 Å². The van der Waals surface area contributed by atoms with Crippen molar-refractivity contribution in [1.82, 2.24) is 4.90 Å². The highest BCUT2D eigenvalue weighted by molar-refractivity contribution is 9.10. The van der Waals surface area contributed by atoms with Crippen molar-refractivity contribution >= 4 is 27.5 Å². The fourth-order valence-electron chi connectivity index (χ4n) is 1.95. The highest BCUT2D eigenvalue weighted by Gasteiger charge is 2.21. The number of rotatable bonds is 6. The minimum Gasteiger partial charge on any atom is -0.398 e. The Morgan fingerprint density at radius 1 is 1.42 bits per heavy atom. The Labute approximate surface area is 124 Å². The summed E-state index contributed by atoms with van der Waals surface area (Å²) in [4.78, 5) is 14.5. The number of nitrogens with zero attached hydrogens (tertiary/aromatic N) is 1. The van der Waals surface area contributed by atoms with Gasteiger partial charge in [-0.2, -0.15) is 0 Å². The molecule has 1 aromatic carbocycles. The standard InChI is InChI=1S/C15H23BrN2O/c1-4-6-9-18(11(3)5-2)15(19)13-8-7-12(16)10-14(13)17/h7-8,10-11H,4-6,9,17H2,1-3H3. The molecule has 0 aliphatic heterocycles. The molecule has 0 bridgehead atoms. The van der Waals surface area contributed by atoms with Crippen molar-refractivity contribution in [3.05, 3.63) is 28.2 Å². The fraction of sp³-hybridized carbons (Fsp3) is 0.533. The van der Waals surface area contributed by atoms with Crippen LogP contribution in [0.3, 0.4) is 0 Å². The molecule has 1 unspecified atom stereocenters. The number of benzene rings is 1. The van der Waals surface area contributed by atoms with E-state index >= 15 is 0 Å². The van der Waals surface area contributed by atoms with Crippen LogP contribution in [0, 0.1) is 0 Å². The van der Waals surface area contributed by atoms with Gasteiger partial charge >= 0.3 is 0 Å². The van der Waals surface area contributed by atoms with Crippen LogP contribution in [0.5, 0.6) is 0 Å². The van der Waals surface area contributed by atoms with Crippen molar-refractivity contribution in [2.75, 3.05) is 12.3 Å². The highest BCUT2D eigenvalue weighted by atomic mass is 79.9. The van der Waals surface area contributed by atoms with Crippen LogP contribution < -0.4 is 5.73 Å². The fourth-order valence-corrected chi connectivity index (χ4v) is 2.33. The second kappa shape index (κ2) is 7.53. The van der Waals surface area contributed by atoms with Crippen LogP contribution in [0.15, 0.2) is 22.7 Å². The molecule has 0 fully saturated rings. The maximum atomic E-state index is 12.6. The average molecular weight is 327 g/mol. The quantitative estimate of drug-likeness (QED) is 0.801. The maximum absolute atomic E-state index is 12.6. The number of nitrogen functional groups attached to an aromatic ring is 1. The lowest BCUT2D eigenvalue weighted by atomic mass is 10.1. The highest BCUT2D eigenvalue weighted by Crippen LogP contribution is 2.21. The van der Waals surface area contributed by atoms with Crippen molar-refractivity contribution in [3.63, 3.8) is 0 Å². The van der Waals surface area contributed by atoms with E-state index in [0.717, 1.165) is 30.3 Å². The molecule has 1 amide bonds. The SMILES string of the molecule is CCCCN(C(=O)c1ccc(Br)cc1N)C(C)CC. The van der Waals surface area contributed by atoms with Gasteiger partial charge in [-0.15, -0.1) is 0 Å². The summed E-state index contributed by atoms with van der Waals surface area (Å²) < 4.78 is 0.894. The molecule has 0 saturated carbocycles. The topological polar surface area (TPSA) is 46.3 Å². The van der Waals surface area contributed by atoms with Crippen LogP contribution in [0.25, 0.3) is 0 Å². The monoisotopic (exact) mass is 326 g/mol. The van der Waals surface area contributed by atoms with Crippen molar-refractivity contribution in [1.29, 1.82) is 0 Å². The number of amides is 1. The van der Waals surface area contributed by atoms with Crippen LogP contribution in [-0.4, -0.2) is 23.4 Å². The lowest BCUT2D eigenvalue weighted by Crippen LogP contribution is -2.39. The van der Waals surface area contributed by atoms with Crippen LogP contribution in [0.1, 0.15) is 50.4 Å². The van der Waals surface area contributed by atoms with Crippen molar-refractivity contribution < 1.29 is 4.79 Å². The number of carbonyl (C=O) groups excluding carboxylic acids is 1. The number of unbranched alkanes of at least 4 members (excludes halogenated alkanes) is 1. The second-order valence-corrected chi connectivity index (χ2v) is 5.76. The van der Waals surface area contributed by atoms with E-state index < -0.39 is 0 Å². The first-order chi connectivity index (χ1) is 9.01. The van der Waals surface area contributed by atoms with Crippen molar-refractivity contribution in [2.24, 2.45) is 0 Å². The molecule has 1 atom stereocenters. The molecule has 2 N–H and O–H groups in total. The van der Waals surface area contributed by atoms with E-state index in [1.165, 1.54) is 0 Å². The Bertz CT molecular complexity index is 434. The molecule has 0 heterocycles. The van der Waals surface area contributed by atoms with E-state index in [0.29, 0.717) is 11.3 Å². The molecule has 1 rings (SSSR count). The van der Waals surface area contributed by atoms with Gasteiger partial charge in [0.25, 0.3) is 5.91 Å². The first-order valence-corrected chi connectivity index (χ1v) is 7.66. The Balaban J connectivity index is 2.97. The smallest absolute Gasteiger partial charge is 0.256 e. The molecular formula is C15H23BrN2O. The molecule has 0 spiro atoms. The van der Waals surface area contributed by atoms with Crippen LogP contribution in [-0.2, 0) is 0 Å². The Hall–Kier alpha value is -1.03. The van der Waals surface area contributed by atoms with Gasteiger partial charge in [0.05, 0.1) is 5.56 Å². The summed E-state index contributed by atoms with van der Waals surface area (Å²) in [5.74, 6) is 0.0350. The third-order valence-corrected chi connectivity index (χ3v) is 3.87. The van der Waals surface area contributed by atoms with Gasteiger partial charge in [-0.25, -0.2) is 0 Å². The number of anilines is 1. The van der Waals surface area contributed by atoms with Crippen LogP contribution in [0.2, 0.25) is 0 Å². The third-order valence-electron chi connectivity index (χ3n) is 3.38. The summed E-state index contributed by atoms with van der Waals surface area (Å²) in [5, 5.41) is 0. The second-order valence-electron chi connectivity index (χ2n) is 4.84. The zero-order valence-corrected chi connectivity index (χ0v) is 13.5. The first kappa shape index (κ1) is 16.0. The van der Waals surface area contributed by atoms with Crippen molar-refractivity contribution in [3.8, 4) is 0 Å². The zero-order valence-electron chi connectivity index (χ0n) is 11.9. The van der Waals surface area contributed by atoms with Crippen LogP contribution in [0.4, 0.5) is 5.69 Å². The minimum atomic E-state index is 0.0350. The number of hydrogen-bond acceptors (Lipinski definition) is 2. The summed E-state index contributed by atoms with van der Waals surface area (Å²) in [6.07, 6.45) is 3.05. The molecule has 0 radical (unpaired) electrons. The van der Waals surface area contributed by atoms with Crippen molar-refractivity contribution in [2.45, 2.75) is 46.1 Å². The predicted molar refractivity (Wildman–Crippen MR) is 84.3 cm³/mol. The molecule has 0 aliphatic carbocycles. The normalized spacial score (nSPS) is 12.2. The summed E-state index contributed by atoms with van der Waals surface area (Å²) in [6, 6.07) is 5.67. The average Bonchev–Trinajstić information content (AvgIpc) is 2.38. The van der Waals surface area contributed by atoms with E-state index in [4.69, 9.17) is 5.73 Å². The number of halogens is 1. The summed E-state index contributed by atoms with van der Waals surface area (Å²) >= 11 is 3.36. The number of nitrogens with two attached hydrogens (primary N) is 1. The summed E-state index contributed by atoms with van der Waals surface area (Å²) in [6.45, 7) is 7.11. The Kier molecular flexibility index (Phi) is 6.35. The lowest BCUT2D eigenvalue weighted by molar-refractivity contribution is 0.0686. The van der Waals surface area contributed by atoms with Gasteiger partial charge in [-0.05, 0) is 38.0 Å². The largest absolute Gasteiger partial charge is 0.398 e. The summed E-state index contributed by atoms with van der Waals surface area (Å²) in [5.41, 5.74) is 7.08. The molecule has 4 heteroatoms. The molecule has 0 saturated heterocycles. The maximum Gasteiger partial charge on any atom is 0.256 e. The predicted octanol–water partition coefficient (Wildman–Crippen LogP) is 4.07. The van der Waals surface area contributed by atoms with E-state index in [9.17, 15) is 4.79 Å². The van der Waals surface area contributed by atoms with Gasteiger partial charge in [-0.1, -0.05) is 36.2 Å². The van der Waals surface area contributed by atoms with Gasteiger partial charge in [-0.3, -0.25) is 4.79 Å². The first-order valence-electron chi connectivity index (χ1n) is 6.87. The lowest BCUT2D eigenvalue weighted by Gasteiger charge is -2.29. The summed E-state index contributed by atoms with van der Waals surface area (Å²) in [7, 11) is 0. The molecule has 106 valence electrons. The Morgan fingerprint density at radius 3 is 2.63 bits per heavy atom. The van der Waals surface area contributed by atoms with E-state index in [2.05, 4.69) is 36.7 Å². The van der Waals surface area contributed by atoms with E-state index in [1.54, 1.807) is 12.1 Å². The zero-order chi connectivity index (χ0) is 14.4. The van der Waals surface area contributed by atoms with Gasteiger partial charge in [0.15, 0.2) is 0 Å². The van der Waals surface area contributed by atoms with E-state index in [-0.39, 0.29) is 11.9 Å². The minimum absolute atomic E-state index is 0.0350. The molecule has 1 aromatic rings. The van der Waals surface area contributed by atoms with Gasteiger partial charge in [0.1, 0.15) is 0 Å². The molecule has 0 aromatic heterocycles. The van der Waals surface area contributed by atoms with Gasteiger partial charge in [0.2, 0.25) is 0 Å². The third kappa shape index (κ3) is 4.23. The van der Waals surface area contributed by atoms with Gasteiger partial charge in [0, 0.05) is 22.7 Å². The Morgan fingerprint density at radius 2 is 2.11 bits per heavy atom. The molecule has 0 aliphatic rings. The van der Waals surface area contributed by atoms with Gasteiger partial charge < -0.3 is 10.6 Å². The molecular weight excluding hydrogens is 304 g/mol. The number of hydrogen-bond donors (Lipinski definition) is 1. The number of carbonyl (C=O) groups is 1. The van der Waals surface area contributed by atoms with E-state index in [1.807, 2.05) is 11.0 Å².